The maximum Gasteiger partial charge on any atom is 0.258 e. The van der Waals surface area contributed by atoms with Gasteiger partial charge in [-0.3, -0.25) is 18.9 Å². The lowest BCUT2D eigenvalue weighted by Gasteiger charge is -2.32. The van der Waals surface area contributed by atoms with Gasteiger partial charge in [0.15, 0.2) is 4.96 Å². The molecule has 1 N–H and O–H groups in total. The zero-order chi connectivity index (χ0) is 14.8. The summed E-state index contributed by atoms with van der Waals surface area (Å²) < 4.78 is 1.56. The molecule has 1 saturated heterocycles. The molecule has 3 rings (SSSR count). The molecule has 1 unspecified atom stereocenters. The molecule has 1 aliphatic rings. The van der Waals surface area contributed by atoms with E-state index in [-0.39, 0.29) is 17.5 Å². The number of fused-ring (bicyclic) bond motifs is 1. The van der Waals surface area contributed by atoms with Crippen LogP contribution in [0, 0.1) is 0 Å². The number of likely N-dealkylation sites (tertiary alicyclic amines) is 1. The van der Waals surface area contributed by atoms with E-state index in [1.807, 2.05) is 5.38 Å². The summed E-state index contributed by atoms with van der Waals surface area (Å²) in [5, 5.41) is 4.83. The lowest BCUT2D eigenvalue weighted by atomic mass is 10.1. The van der Waals surface area contributed by atoms with Crippen LogP contribution in [0.25, 0.3) is 4.96 Å². The first kappa shape index (κ1) is 14.2. The van der Waals surface area contributed by atoms with Crippen LogP contribution in [0.2, 0.25) is 0 Å². The molecule has 21 heavy (non-hydrogen) atoms. The van der Waals surface area contributed by atoms with Gasteiger partial charge in [0.05, 0.1) is 5.69 Å². The Kier molecular flexibility index (Phi) is 4.03. The number of hydrogen-bond acceptors (Lipinski definition) is 5. The summed E-state index contributed by atoms with van der Waals surface area (Å²) in [4.78, 5) is 30.6. The van der Waals surface area contributed by atoms with E-state index in [1.165, 1.54) is 11.3 Å². The molecule has 3 heterocycles. The number of nitrogens with one attached hydrogen (secondary N) is 1. The van der Waals surface area contributed by atoms with Crippen molar-refractivity contribution < 1.29 is 4.79 Å². The second-order valence-electron chi connectivity index (χ2n) is 5.42. The number of carbonyl (C=O) groups is 1. The number of aromatic nitrogens is 2. The molecule has 0 spiro atoms. The van der Waals surface area contributed by atoms with Crippen molar-refractivity contribution in [2.75, 3.05) is 13.1 Å². The van der Waals surface area contributed by atoms with Crippen molar-refractivity contribution in [3.05, 3.63) is 33.7 Å². The lowest BCUT2D eigenvalue weighted by Crippen LogP contribution is -2.46. The molecule has 6 nitrogen and oxygen atoms in total. The molecular weight excluding hydrogens is 288 g/mol. The molecule has 112 valence electrons. The summed E-state index contributed by atoms with van der Waals surface area (Å²) in [7, 11) is 0. The Morgan fingerprint density at radius 3 is 3.24 bits per heavy atom. The molecule has 7 heteroatoms. The van der Waals surface area contributed by atoms with Gasteiger partial charge in [-0.2, -0.15) is 0 Å². The number of piperidine rings is 1. The average Bonchev–Trinajstić information content (AvgIpc) is 2.87. The van der Waals surface area contributed by atoms with Gasteiger partial charge >= 0.3 is 0 Å². The Morgan fingerprint density at radius 2 is 2.43 bits per heavy atom. The van der Waals surface area contributed by atoms with Crippen LogP contribution in [0.4, 0.5) is 0 Å². The summed E-state index contributed by atoms with van der Waals surface area (Å²) in [6.07, 6.45) is 3.80. The second-order valence-corrected chi connectivity index (χ2v) is 6.29. The van der Waals surface area contributed by atoms with Crippen molar-refractivity contribution in [3.63, 3.8) is 0 Å². The Morgan fingerprint density at radius 1 is 1.57 bits per heavy atom. The quantitative estimate of drug-likeness (QED) is 0.913. The van der Waals surface area contributed by atoms with Gasteiger partial charge in [0, 0.05) is 43.7 Å². The van der Waals surface area contributed by atoms with E-state index >= 15 is 0 Å². The topological polar surface area (TPSA) is 66.7 Å². The minimum atomic E-state index is -0.0355. The van der Waals surface area contributed by atoms with Gasteiger partial charge in [-0.1, -0.05) is 0 Å². The van der Waals surface area contributed by atoms with Gasteiger partial charge in [0.2, 0.25) is 5.91 Å². The summed E-state index contributed by atoms with van der Waals surface area (Å²) >= 11 is 1.46. The Hall–Kier alpha value is -1.73. The highest BCUT2D eigenvalue weighted by Crippen LogP contribution is 2.14. The Labute approximate surface area is 126 Å². The van der Waals surface area contributed by atoms with E-state index in [1.54, 1.807) is 23.6 Å². The van der Waals surface area contributed by atoms with Crippen LogP contribution in [0.3, 0.4) is 0 Å². The summed E-state index contributed by atoms with van der Waals surface area (Å²) in [6, 6.07) is 1.80. The van der Waals surface area contributed by atoms with Gasteiger partial charge in [-0.05, 0) is 19.4 Å². The number of thiazole rings is 1. The molecule has 1 aliphatic heterocycles. The van der Waals surface area contributed by atoms with E-state index in [0.29, 0.717) is 6.54 Å². The number of rotatable bonds is 3. The maximum atomic E-state index is 12.0. The smallest absolute Gasteiger partial charge is 0.258 e. The Balaban J connectivity index is 1.72. The standard InChI is InChI=1S/C14H18N4O2S/c1-10(19)15-11-3-2-4-17(8-11)9-12-7-13(20)18-5-6-21-14(18)16-12/h5-7,11H,2-4,8-9H2,1H3,(H,15,19). The first-order valence-corrected chi connectivity index (χ1v) is 7.95. The van der Waals surface area contributed by atoms with Crippen LogP contribution in [-0.4, -0.2) is 39.3 Å². The van der Waals surface area contributed by atoms with Crippen molar-refractivity contribution in [1.29, 1.82) is 0 Å². The van der Waals surface area contributed by atoms with Crippen LogP contribution in [0.15, 0.2) is 22.4 Å². The van der Waals surface area contributed by atoms with Gasteiger partial charge in [0.25, 0.3) is 5.56 Å². The SMILES string of the molecule is CC(=O)NC1CCCN(Cc2cc(=O)n3ccsc3n2)C1. The third-order valence-electron chi connectivity index (χ3n) is 3.65. The van der Waals surface area contributed by atoms with Crippen LogP contribution < -0.4 is 10.9 Å². The van der Waals surface area contributed by atoms with E-state index in [9.17, 15) is 9.59 Å². The molecular formula is C14H18N4O2S. The van der Waals surface area contributed by atoms with E-state index < -0.39 is 0 Å². The molecule has 1 atom stereocenters. The average molecular weight is 306 g/mol. The van der Waals surface area contributed by atoms with Gasteiger partial charge in [-0.15, -0.1) is 11.3 Å². The molecule has 0 aliphatic carbocycles. The van der Waals surface area contributed by atoms with E-state index in [4.69, 9.17) is 0 Å². The van der Waals surface area contributed by atoms with Crippen molar-refractivity contribution in [3.8, 4) is 0 Å². The highest BCUT2D eigenvalue weighted by molar-refractivity contribution is 7.15. The predicted molar refractivity (Wildman–Crippen MR) is 81.5 cm³/mol. The zero-order valence-corrected chi connectivity index (χ0v) is 12.7. The van der Waals surface area contributed by atoms with Gasteiger partial charge in [0.1, 0.15) is 0 Å². The van der Waals surface area contributed by atoms with Crippen molar-refractivity contribution >= 4 is 22.2 Å². The molecule has 0 radical (unpaired) electrons. The van der Waals surface area contributed by atoms with Gasteiger partial charge in [-0.25, -0.2) is 4.98 Å². The van der Waals surface area contributed by atoms with Crippen molar-refractivity contribution in [1.82, 2.24) is 19.6 Å². The third-order valence-corrected chi connectivity index (χ3v) is 4.41. The minimum absolute atomic E-state index is 0.0122. The summed E-state index contributed by atoms with van der Waals surface area (Å²) in [5.41, 5.74) is 0.762. The van der Waals surface area contributed by atoms with Crippen molar-refractivity contribution in [2.24, 2.45) is 0 Å². The fourth-order valence-electron chi connectivity index (χ4n) is 2.80. The normalized spacial score (nSPS) is 19.8. The van der Waals surface area contributed by atoms with Gasteiger partial charge < -0.3 is 5.32 Å². The van der Waals surface area contributed by atoms with Crippen LogP contribution in [0.1, 0.15) is 25.5 Å². The van der Waals surface area contributed by atoms with Crippen LogP contribution in [-0.2, 0) is 11.3 Å². The second kappa shape index (κ2) is 5.95. The zero-order valence-electron chi connectivity index (χ0n) is 11.9. The molecule has 2 aromatic heterocycles. The molecule has 0 aromatic carbocycles. The number of amides is 1. The maximum absolute atomic E-state index is 12.0. The molecule has 1 fully saturated rings. The third kappa shape index (κ3) is 3.30. The first-order chi connectivity index (χ1) is 10.1. The monoisotopic (exact) mass is 306 g/mol. The molecule has 0 saturated carbocycles. The molecule has 1 amide bonds. The predicted octanol–water partition coefficient (Wildman–Crippen LogP) is 0.857. The molecule has 0 bridgehead atoms. The number of carbonyl (C=O) groups excluding carboxylic acids is 1. The largest absolute Gasteiger partial charge is 0.352 e. The first-order valence-electron chi connectivity index (χ1n) is 7.07. The summed E-state index contributed by atoms with van der Waals surface area (Å²) in [6.45, 7) is 3.98. The van der Waals surface area contributed by atoms with E-state index in [0.717, 1.165) is 36.6 Å². The number of hydrogen-bond donors (Lipinski definition) is 1. The summed E-state index contributed by atoms with van der Waals surface area (Å²) in [5.74, 6) is 0.0122. The fourth-order valence-corrected chi connectivity index (χ4v) is 3.54. The fraction of sp³-hybridized carbons (Fsp3) is 0.500. The van der Waals surface area contributed by atoms with E-state index in [2.05, 4.69) is 15.2 Å². The minimum Gasteiger partial charge on any atom is -0.352 e. The highest BCUT2D eigenvalue weighted by atomic mass is 32.1. The highest BCUT2D eigenvalue weighted by Gasteiger charge is 2.21. The van der Waals surface area contributed by atoms with Crippen LogP contribution in [0.5, 0.6) is 0 Å². The van der Waals surface area contributed by atoms with Crippen molar-refractivity contribution in [2.45, 2.75) is 32.4 Å². The van der Waals surface area contributed by atoms with Crippen LogP contribution >= 0.6 is 11.3 Å². The lowest BCUT2D eigenvalue weighted by molar-refractivity contribution is -0.120. The Bertz CT molecular complexity index is 708. The number of nitrogens with zero attached hydrogens (tertiary/aromatic N) is 3. The molecule has 2 aromatic rings.